The average molecular weight is 412 g/mol. The minimum Gasteiger partial charge on any atom is -0.492 e. The molecule has 2 heterocycles. The van der Waals surface area contributed by atoms with Gasteiger partial charge in [-0.3, -0.25) is 0 Å². The number of fused-ring (bicyclic) bond motifs is 1. The number of ether oxygens (including phenoxy) is 3. The molecule has 3 aromatic carbocycles. The summed E-state index contributed by atoms with van der Waals surface area (Å²) in [5, 5.41) is 0. The summed E-state index contributed by atoms with van der Waals surface area (Å²) >= 11 is 0. The molecule has 0 radical (unpaired) electrons. The van der Waals surface area contributed by atoms with Crippen LogP contribution in [0.4, 0.5) is 0 Å². The molecule has 2 aliphatic rings. The molecule has 2 aliphatic heterocycles. The lowest BCUT2D eigenvalue weighted by molar-refractivity contribution is -0.396. The fourth-order valence-electron chi connectivity index (χ4n) is 4.68. The van der Waals surface area contributed by atoms with Crippen LogP contribution in [0.5, 0.6) is 0 Å². The van der Waals surface area contributed by atoms with E-state index in [-0.39, 0.29) is 5.92 Å². The third-order valence-electron chi connectivity index (χ3n) is 6.07. The summed E-state index contributed by atoms with van der Waals surface area (Å²) in [6, 6.07) is 28.3. The first kappa shape index (κ1) is 19.6. The van der Waals surface area contributed by atoms with Gasteiger partial charge in [0.25, 0.3) is 0 Å². The lowest BCUT2D eigenvalue weighted by Gasteiger charge is -2.61. The molecule has 5 rings (SSSR count). The fraction of sp³-hybridized carbons (Fsp3) is 0.222. The van der Waals surface area contributed by atoms with E-state index in [2.05, 4.69) is 19.1 Å². The molecule has 0 spiro atoms. The smallest absolute Gasteiger partial charge is 0.336 e. The number of hydrogen-bond donors (Lipinski definition) is 0. The largest absolute Gasteiger partial charge is 0.492 e. The number of rotatable bonds is 5. The lowest BCUT2D eigenvalue weighted by Crippen LogP contribution is -2.69. The SMILES string of the molecule is Cc1ccc(COC2=CC(=O)O[C@]3(C)OC(c4ccccc4)(c4ccccc4)[C@H]23)cc1. The summed E-state index contributed by atoms with van der Waals surface area (Å²) in [6.45, 7) is 4.23. The van der Waals surface area contributed by atoms with E-state index in [1.165, 1.54) is 11.6 Å². The monoisotopic (exact) mass is 412 g/mol. The van der Waals surface area contributed by atoms with Gasteiger partial charge < -0.3 is 14.2 Å². The van der Waals surface area contributed by atoms with Gasteiger partial charge in [-0.25, -0.2) is 4.79 Å². The van der Waals surface area contributed by atoms with E-state index in [1.807, 2.05) is 79.7 Å². The van der Waals surface area contributed by atoms with Crippen LogP contribution in [0.1, 0.15) is 29.2 Å². The average Bonchev–Trinajstić information content (AvgIpc) is 2.77. The molecule has 0 bridgehead atoms. The molecule has 4 heteroatoms. The number of benzene rings is 3. The van der Waals surface area contributed by atoms with Crippen molar-refractivity contribution in [3.63, 3.8) is 0 Å². The van der Waals surface area contributed by atoms with Crippen molar-refractivity contribution in [2.75, 3.05) is 0 Å². The van der Waals surface area contributed by atoms with E-state index < -0.39 is 17.4 Å². The van der Waals surface area contributed by atoms with E-state index in [0.717, 1.165) is 16.7 Å². The van der Waals surface area contributed by atoms with Crippen LogP contribution >= 0.6 is 0 Å². The van der Waals surface area contributed by atoms with E-state index in [0.29, 0.717) is 12.4 Å². The first-order valence-corrected chi connectivity index (χ1v) is 10.5. The Kier molecular flexibility index (Phi) is 4.67. The summed E-state index contributed by atoms with van der Waals surface area (Å²) in [6.07, 6.45) is 1.46. The van der Waals surface area contributed by atoms with Crippen molar-refractivity contribution in [1.82, 2.24) is 0 Å². The molecule has 0 aromatic heterocycles. The van der Waals surface area contributed by atoms with Crippen molar-refractivity contribution in [3.05, 3.63) is 119 Å². The Morgan fingerprint density at radius 3 is 2.03 bits per heavy atom. The Bertz CT molecular complexity index is 1080. The molecule has 0 amide bonds. The van der Waals surface area contributed by atoms with Crippen LogP contribution in [0.15, 0.2) is 96.8 Å². The number of aryl methyl sites for hydroxylation is 1. The van der Waals surface area contributed by atoms with Gasteiger partial charge in [-0.15, -0.1) is 0 Å². The predicted molar refractivity (Wildman–Crippen MR) is 117 cm³/mol. The molecule has 2 atom stereocenters. The van der Waals surface area contributed by atoms with Crippen LogP contribution in [0, 0.1) is 12.8 Å². The van der Waals surface area contributed by atoms with Crippen LogP contribution < -0.4 is 0 Å². The molecule has 0 saturated carbocycles. The van der Waals surface area contributed by atoms with Crippen molar-refractivity contribution in [2.45, 2.75) is 31.8 Å². The molecule has 156 valence electrons. The first-order chi connectivity index (χ1) is 15.0. The quantitative estimate of drug-likeness (QED) is 0.537. The van der Waals surface area contributed by atoms with Crippen LogP contribution in [0.25, 0.3) is 0 Å². The van der Waals surface area contributed by atoms with Crippen molar-refractivity contribution >= 4 is 5.97 Å². The van der Waals surface area contributed by atoms with Crippen LogP contribution in [0.2, 0.25) is 0 Å². The Morgan fingerprint density at radius 1 is 0.871 bits per heavy atom. The van der Waals surface area contributed by atoms with Gasteiger partial charge in [0.15, 0.2) is 0 Å². The second kappa shape index (κ2) is 7.40. The van der Waals surface area contributed by atoms with Gasteiger partial charge in [0, 0.05) is 6.92 Å². The van der Waals surface area contributed by atoms with Crippen molar-refractivity contribution in [3.8, 4) is 0 Å². The molecule has 4 nitrogen and oxygen atoms in total. The van der Waals surface area contributed by atoms with E-state index >= 15 is 0 Å². The minimum atomic E-state index is -1.10. The maximum atomic E-state index is 12.3. The molecule has 3 aromatic rings. The van der Waals surface area contributed by atoms with Gasteiger partial charge in [-0.05, 0) is 23.6 Å². The Morgan fingerprint density at radius 2 is 1.45 bits per heavy atom. The van der Waals surface area contributed by atoms with Crippen molar-refractivity contribution < 1.29 is 19.0 Å². The zero-order valence-electron chi connectivity index (χ0n) is 17.6. The van der Waals surface area contributed by atoms with Crippen molar-refractivity contribution in [1.29, 1.82) is 0 Å². The molecule has 31 heavy (non-hydrogen) atoms. The number of carbonyl (C=O) groups excluding carboxylic acids is 1. The topological polar surface area (TPSA) is 44.8 Å². The highest BCUT2D eigenvalue weighted by molar-refractivity contribution is 5.84. The zero-order valence-corrected chi connectivity index (χ0v) is 17.6. The van der Waals surface area contributed by atoms with Crippen LogP contribution in [-0.4, -0.2) is 11.8 Å². The lowest BCUT2D eigenvalue weighted by atomic mass is 9.65. The number of hydrogen-bond acceptors (Lipinski definition) is 4. The normalized spacial score (nSPS) is 23.7. The molecule has 0 N–H and O–H groups in total. The highest BCUT2D eigenvalue weighted by Crippen LogP contribution is 2.61. The zero-order chi connectivity index (χ0) is 21.5. The summed E-state index contributed by atoms with van der Waals surface area (Å²) in [5.41, 5.74) is 3.41. The second-order valence-electron chi connectivity index (χ2n) is 8.26. The summed E-state index contributed by atoms with van der Waals surface area (Å²) in [7, 11) is 0. The fourth-order valence-corrected chi connectivity index (χ4v) is 4.68. The molecular weight excluding hydrogens is 388 g/mol. The van der Waals surface area contributed by atoms with Gasteiger partial charge in [0.1, 0.15) is 23.9 Å². The van der Waals surface area contributed by atoms with Gasteiger partial charge in [0.05, 0.1) is 6.08 Å². The number of carbonyl (C=O) groups is 1. The Balaban J connectivity index is 1.57. The maximum absolute atomic E-state index is 12.3. The third kappa shape index (κ3) is 3.24. The molecule has 0 aliphatic carbocycles. The van der Waals surface area contributed by atoms with Gasteiger partial charge in [0.2, 0.25) is 5.79 Å². The standard InChI is InChI=1S/C27H24O4/c1-19-13-15-20(16-14-19)18-29-23-17-24(28)30-26(2)25(23)27(31-26,21-9-5-3-6-10-21)22-11-7-4-8-12-22/h3-17,25H,18H2,1-2H3/t25-,26-/m1/s1. The van der Waals surface area contributed by atoms with Gasteiger partial charge in [-0.2, -0.15) is 0 Å². The summed E-state index contributed by atoms with van der Waals surface area (Å²) < 4.78 is 18.4. The highest BCUT2D eigenvalue weighted by Gasteiger charge is 2.70. The Labute approximate surface area is 182 Å². The van der Waals surface area contributed by atoms with Gasteiger partial charge >= 0.3 is 5.97 Å². The van der Waals surface area contributed by atoms with Crippen molar-refractivity contribution in [2.24, 2.45) is 5.92 Å². The third-order valence-corrected chi connectivity index (χ3v) is 6.07. The van der Waals surface area contributed by atoms with E-state index in [1.54, 1.807) is 0 Å². The molecule has 0 unspecified atom stereocenters. The first-order valence-electron chi connectivity index (χ1n) is 10.5. The minimum absolute atomic E-state index is 0.312. The summed E-state index contributed by atoms with van der Waals surface area (Å²) in [4.78, 5) is 12.3. The number of esters is 1. The summed E-state index contributed by atoms with van der Waals surface area (Å²) in [5.74, 6) is -1.28. The molecule has 1 fully saturated rings. The van der Waals surface area contributed by atoms with Gasteiger partial charge in [-0.1, -0.05) is 90.5 Å². The van der Waals surface area contributed by atoms with E-state index in [9.17, 15) is 4.79 Å². The van der Waals surface area contributed by atoms with E-state index in [4.69, 9.17) is 14.2 Å². The molecule has 1 saturated heterocycles. The van der Waals surface area contributed by atoms with Crippen LogP contribution in [0.3, 0.4) is 0 Å². The second-order valence-corrected chi connectivity index (χ2v) is 8.26. The molecular formula is C27H24O4. The van der Waals surface area contributed by atoms with Crippen LogP contribution in [-0.2, 0) is 31.2 Å². The predicted octanol–water partition coefficient (Wildman–Crippen LogP) is 5.26. The maximum Gasteiger partial charge on any atom is 0.336 e. The Hall–Kier alpha value is -3.37. The highest BCUT2D eigenvalue weighted by atomic mass is 16.8.